The topological polar surface area (TPSA) is 49.8 Å². The van der Waals surface area contributed by atoms with Crippen LogP contribution in [0.2, 0.25) is 0 Å². The number of likely N-dealkylation sites (tertiary alicyclic amines) is 1. The summed E-state index contributed by atoms with van der Waals surface area (Å²) in [5, 5.41) is 10.2. The molecule has 1 saturated carbocycles. The lowest BCUT2D eigenvalue weighted by Crippen LogP contribution is -2.44. The average Bonchev–Trinajstić information content (AvgIpc) is 2.88. The number of aryl methyl sites for hydroxylation is 1. The zero-order valence-corrected chi connectivity index (χ0v) is 13.7. The predicted molar refractivity (Wildman–Crippen MR) is 87.5 cm³/mol. The molecule has 1 aliphatic carbocycles. The van der Waals surface area contributed by atoms with Crippen molar-refractivity contribution in [2.24, 2.45) is 11.8 Å². The quantitative estimate of drug-likeness (QED) is 0.749. The Kier molecular flexibility index (Phi) is 4.58. The lowest BCUT2D eigenvalue weighted by Gasteiger charge is -2.34. The van der Waals surface area contributed by atoms with Gasteiger partial charge in [-0.15, -0.1) is 0 Å². The van der Waals surface area contributed by atoms with Crippen LogP contribution >= 0.6 is 0 Å². The van der Waals surface area contributed by atoms with Crippen molar-refractivity contribution in [3.8, 4) is 11.8 Å². The normalized spacial score (nSPS) is 29.4. The Morgan fingerprint density at radius 1 is 1.39 bits per heavy atom. The van der Waals surface area contributed by atoms with Crippen molar-refractivity contribution < 1.29 is 14.6 Å². The molecule has 0 bridgehead atoms. The number of aliphatic hydroxyl groups is 1. The van der Waals surface area contributed by atoms with E-state index in [-0.39, 0.29) is 17.9 Å². The lowest BCUT2D eigenvalue weighted by molar-refractivity contribution is 0.0129. The number of benzene rings is 1. The van der Waals surface area contributed by atoms with Gasteiger partial charge in [0.15, 0.2) is 0 Å². The molecule has 0 radical (unpaired) electrons. The molecule has 0 spiro atoms. The first-order valence-corrected chi connectivity index (χ1v) is 8.22. The number of ether oxygens (including phenoxy) is 1. The van der Waals surface area contributed by atoms with Crippen LogP contribution in [0, 0.1) is 30.6 Å². The number of methoxy groups -OCH3 is 1. The van der Waals surface area contributed by atoms with Crippen LogP contribution in [0.4, 0.5) is 4.79 Å². The molecule has 4 atom stereocenters. The van der Waals surface area contributed by atoms with Crippen LogP contribution in [0.5, 0.6) is 0 Å². The molecule has 23 heavy (non-hydrogen) atoms. The number of hydrogen-bond donors (Lipinski definition) is 1. The number of fused-ring (bicyclic) bond motifs is 1. The molecule has 4 nitrogen and oxygen atoms in total. The lowest BCUT2D eigenvalue weighted by atomic mass is 9.76. The van der Waals surface area contributed by atoms with Gasteiger partial charge in [0, 0.05) is 17.5 Å². The molecule has 0 aromatic heterocycles. The van der Waals surface area contributed by atoms with Gasteiger partial charge in [0.1, 0.15) is 6.23 Å². The Balaban J connectivity index is 1.79. The summed E-state index contributed by atoms with van der Waals surface area (Å²) in [5.74, 6) is 7.12. The fourth-order valence-electron chi connectivity index (χ4n) is 3.93. The largest absolute Gasteiger partial charge is 0.453 e. The summed E-state index contributed by atoms with van der Waals surface area (Å²) >= 11 is 0. The standard InChI is InChI=1S/C19H23NO3/c1-13-5-3-6-14(11-13)9-10-15-7-4-8-17-16(15)12-18(21)20(17)19(22)23-2/h3,5-6,11,15-18,21H,4,7-8,12H2,1-2H3. The van der Waals surface area contributed by atoms with Crippen LogP contribution in [0.1, 0.15) is 36.8 Å². The van der Waals surface area contributed by atoms with Gasteiger partial charge in [-0.1, -0.05) is 30.4 Å². The van der Waals surface area contributed by atoms with E-state index in [0.717, 1.165) is 24.8 Å². The van der Waals surface area contributed by atoms with Gasteiger partial charge in [-0.25, -0.2) is 4.79 Å². The third-order valence-corrected chi connectivity index (χ3v) is 4.99. The van der Waals surface area contributed by atoms with E-state index in [1.54, 1.807) is 0 Å². The molecule has 1 saturated heterocycles. The first-order valence-electron chi connectivity index (χ1n) is 8.22. The molecule has 1 heterocycles. The van der Waals surface area contributed by atoms with Gasteiger partial charge < -0.3 is 9.84 Å². The minimum absolute atomic E-state index is 0.0445. The van der Waals surface area contributed by atoms with E-state index in [1.165, 1.54) is 17.6 Å². The van der Waals surface area contributed by atoms with Crippen LogP contribution < -0.4 is 0 Å². The molecular formula is C19H23NO3. The first kappa shape index (κ1) is 15.9. The molecule has 2 fully saturated rings. The van der Waals surface area contributed by atoms with Gasteiger partial charge >= 0.3 is 6.09 Å². The summed E-state index contributed by atoms with van der Waals surface area (Å²) in [4.78, 5) is 13.4. The van der Waals surface area contributed by atoms with E-state index in [9.17, 15) is 9.90 Å². The number of nitrogens with zero attached hydrogens (tertiary/aromatic N) is 1. The third kappa shape index (κ3) is 3.20. The van der Waals surface area contributed by atoms with Crippen molar-refractivity contribution in [3.05, 3.63) is 35.4 Å². The second-order valence-corrected chi connectivity index (χ2v) is 6.50. The molecule has 1 aromatic carbocycles. The minimum atomic E-state index is -0.751. The van der Waals surface area contributed by atoms with Gasteiger partial charge in [-0.3, -0.25) is 4.90 Å². The Hall–Kier alpha value is -1.99. The van der Waals surface area contributed by atoms with Gasteiger partial charge in [-0.2, -0.15) is 0 Å². The van der Waals surface area contributed by atoms with Crippen molar-refractivity contribution in [1.82, 2.24) is 4.90 Å². The van der Waals surface area contributed by atoms with Gasteiger partial charge in [0.2, 0.25) is 0 Å². The number of rotatable bonds is 0. The van der Waals surface area contributed by atoms with Crippen LogP contribution in [0.15, 0.2) is 24.3 Å². The Morgan fingerprint density at radius 3 is 2.96 bits per heavy atom. The second kappa shape index (κ2) is 6.64. The molecule has 2 aliphatic rings. The van der Waals surface area contributed by atoms with Crippen LogP contribution in [0.25, 0.3) is 0 Å². The maximum absolute atomic E-state index is 11.9. The predicted octanol–water partition coefficient (Wildman–Crippen LogP) is 2.92. The second-order valence-electron chi connectivity index (χ2n) is 6.50. The van der Waals surface area contributed by atoms with Crippen molar-refractivity contribution in [2.45, 2.75) is 44.9 Å². The summed E-state index contributed by atoms with van der Waals surface area (Å²) in [6, 6.07) is 8.22. The van der Waals surface area contributed by atoms with E-state index in [1.807, 2.05) is 12.1 Å². The van der Waals surface area contributed by atoms with Crippen molar-refractivity contribution in [2.75, 3.05) is 7.11 Å². The van der Waals surface area contributed by atoms with E-state index in [2.05, 4.69) is 30.9 Å². The Morgan fingerprint density at radius 2 is 2.22 bits per heavy atom. The van der Waals surface area contributed by atoms with Gasteiger partial charge in [0.25, 0.3) is 0 Å². The smallest absolute Gasteiger partial charge is 0.411 e. The summed E-state index contributed by atoms with van der Waals surface area (Å²) in [5.41, 5.74) is 2.22. The Labute approximate surface area is 137 Å². The molecule has 1 aliphatic heterocycles. The minimum Gasteiger partial charge on any atom is -0.453 e. The summed E-state index contributed by atoms with van der Waals surface area (Å²) in [6.45, 7) is 2.06. The van der Waals surface area contributed by atoms with Crippen LogP contribution in [0.3, 0.4) is 0 Å². The van der Waals surface area contributed by atoms with Crippen molar-refractivity contribution in [3.63, 3.8) is 0 Å². The van der Waals surface area contributed by atoms with Crippen molar-refractivity contribution >= 4 is 6.09 Å². The number of carbonyl (C=O) groups excluding carboxylic acids is 1. The molecule has 1 amide bonds. The molecular weight excluding hydrogens is 290 g/mol. The maximum Gasteiger partial charge on any atom is 0.411 e. The number of amides is 1. The van der Waals surface area contributed by atoms with E-state index >= 15 is 0 Å². The Bertz CT molecular complexity index is 646. The van der Waals surface area contributed by atoms with E-state index in [0.29, 0.717) is 6.42 Å². The highest BCUT2D eigenvalue weighted by Crippen LogP contribution is 2.42. The average molecular weight is 313 g/mol. The number of carbonyl (C=O) groups is 1. The molecule has 1 N–H and O–H groups in total. The summed E-state index contributed by atoms with van der Waals surface area (Å²) in [7, 11) is 1.36. The fraction of sp³-hybridized carbons (Fsp3) is 0.526. The summed E-state index contributed by atoms with van der Waals surface area (Å²) in [6.07, 6.45) is 2.37. The van der Waals surface area contributed by atoms with Crippen LogP contribution in [-0.4, -0.2) is 35.5 Å². The zero-order chi connectivity index (χ0) is 16.4. The van der Waals surface area contributed by atoms with Gasteiger partial charge in [-0.05, 0) is 49.8 Å². The zero-order valence-electron chi connectivity index (χ0n) is 13.7. The van der Waals surface area contributed by atoms with Gasteiger partial charge in [0.05, 0.1) is 7.11 Å². The highest BCUT2D eigenvalue weighted by atomic mass is 16.5. The number of aliphatic hydroxyl groups excluding tert-OH is 1. The highest BCUT2D eigenvalue weighted by molar-refractivity contribution is 5.68. The van der Waals surface area contributed by atoms with E-state index < -0.39 is 12.3 Å². The molecule has 4 heteroatoms. The monoisotopic (exact) mass is 313 g/mol. The fourth-order valence-corrected chi connectivity index (χ4v) is 3.93. The molecule has 4 unspecified atom stereocenters. The first-order chi connectivity index (χ1) is 11.1. The van der Waals surface area contributed by atoms with Crippen LogP contribution in [-0.2, 0) is 4.74 Å². The highest BCUT2D eigenvalue weighted by Gasteiger charge is 2.47. The maximum atomic E-state index is 11.9. The molecule has 1 aromatic rings. The molecule has 122 valence electrons. The SMILES string of the molecule is COC(=O)N1C(O)CC2C(C#Cc3cccc(C)c3)CCCC21. The third-order valence-electron chi connectivity index (χ3n) is 4.99. The van der Waals surface area contributed by atoms with Crippen molar-refractivity contribution in [1.29, 1.82) is 0 Å². The number of hydrogen-bond acceptors (Lipinski definition) is 3. The summed E-state index contributed by atoms with van der Waals surface area (Å²) < 4.78 is 4.82. The molecule has 3 rings (SSSR count). The van der Waals surface area contributed by atoms with E-state index in [4.69, 9.17) is 4.74 Å².